The van der Waals surface area contributed by atoms with Crippen molar-refractivity contribution in [2.45, 2.75) is 103 Å². The molecule has 0 bridgehead atoms. The fourth-order valence-corrected chi connectivity index (χ4v) is 5.59. The van der Waals surface area contributed by atoms with E-state index in [1.165, 1.54) is 12.1 Å². The average molecular weight is 633 g/mol. The van der Waals surface area contributed by atoms with E-state index in [0.29, 0.717) is 55.5 Å². The van der Waals surface area contributed by atoms with Gasteiger partial charge in [-0.1, -0.05) is 0 Å². The SMILES string of the molecule is CC(C)OCc1c(F)cc(B2OC(C)(C)C(C)(C)O2)cc1N1CCC(C(=O)N=C(N)c2ccc(C(F)(F)F)nc2C2CC2)CC1. The van der Waals surface area contributed by atoms with E-state index < -0.39 is 47.8 Å². The summed E-state index contributed by atoms with van der Waals surface area (Å²) in [6, 6.07) is 5.43. The molecule has 1 amide bonds. The third-order valence-corrected chi connectivity index (χ3v) is 9.15. The number of carbonyl (C=O) groups excluding carboxylic acids is 1. The molecule has 13 heteroatoms. The van der Waals surface area contributed by atoms with Crippen molar-refractivity contribution in [3.05, 3.63) is 52.6 Å². The molecule has 0 unspecified atom stereocenters. The minimum absolute atomic E-state index is 0.0760. The third-order valence-electron chi connectivity index (χ3n) is 9.15. The molecule has 2 saturated heterocycles. The van der Waals surface area contributed by atoms with Crippen LogP contribution < -0.4 is 16.1 Å². The number of piperidine rings is 1. The van der Waals surface area contributed by atoms with E-state index in [-0.39, 0.29) is 35.7 Å². The molecule has 1 aromatic heterocycles. The first-order chi connectivity index (χ1) is 21.0. The van der Waals surface area contributed by atoms with Crippen molar-refractivity contribution < 1.29 is 36.4 Å². The fourth-order valence-electron chi connectivity index (χ4n) is 5.59. The zero-order chi connectivity index (χ0) is 32.9. The minimum atomic E-state index is -4.58. The zero-order valence-electron chi connectivity index (χ0n) is 26.6. The smallest absolute Gasteiger partial charge is 0.399 e. The summed E-state index contributed by atoms with van der Waals surface area (Å²) in [5.74, 6) is -1.56. The number of ether oxygens (including phenoxy) is 1. The molecule has 244 valence electrons. The van der Waals surface area contributed by atoms with Gasteiger partial charge in [0.15, 0.2) is 0 Å². The lowest BCUT2D eigenvalue weighted by atomic mass is 9.78. The second-order valence-electron chi connectivity index (χ2n) is 13.4. The summed E-state index contributed by atoms with van der Waals surface area (Å²) in [5, 5.41) is 0. The van der Waals surface area contributed by atoms with Crippen molar-refractivity contribution >= 4 is 30.0 Å². The van der Waals surface area contributed by atoms with Crippen molar-refractivity contribution in [2.24, 2.45) is 16.6 Å². The van der Waals surface area contributed by atoms with Crippen LogP contribution in [0, 0.1) is 11.7 Å². The number of halogens is 4. The van der Waals surface area contributed by atoms with Gasteiger partial charge < -0.3 is 24.7 Å². The van der Waals surface area contributed by atoms with Gasteiger partial charge in [-0.3, -0.25) is 4.79 Å². The fraction of sp³-hybridized carbons (Fsp3) is 0.594. The van der Waals surface area contributed by atoms with E-state index in [2.05, 4.69) is 9.98 Å². The Balaban J connectivity index is 1.34. The standard InChI is InChI=1S/C32H41BF4N4O4/c1-18(2)43-17-23-24(34)15-21(33-44-30(3,4)31(5,6)45-33)16-25(23)41-13-11-20(12-14-41)29(42)40-28(38)22-9-10-26(32(35,36)37)39-27(22)19-7-8-19/h9-10,15-16,18-20H,7-8,11-14,17H2,1-6H3,(H2,38,40,42). The summed E-state index contributed by atoms with van der Waals surface area (Å²) in [4.78, 5) is 23.2. The number of benzene rings is 1. The van der Waals surface area contributed by atoms with Crippen molar-refractivity contribution in [2.75, 3.05) is 18.0 Å². The molecule has 45 heavy (non-hydrogen) atoms. The molecule has 1 aliphatic carbocycles. The number of amidine groups is 1. The molecule has 3 fully saturated rings. The number of aliphatic imine (C=N–C) groups is 1. The molecule has 1 aromatic carbocycles. The largest absolute Gasteiger partial charge is 0.495 e. The Morgan fingerprint density at radius 1 is 1.11 bits per heavy atom. The Morgan fingerprint density at radius 3 is 2.29 bits per heavy atom. The van der Waals surface area contributed by atoms with Gasteiger partial charge in [0.05, 0.1) is 29.6 Å². The Bertz CT molecular complexity index is 1450. The van der Waals surface area contributed by atoms with Gasteiger partial charge in [0.1, 0.15) is 17.3 Å². The molecule has 3 aliphatic rings. The van der Waals surface area contributed by atoms with Crippen LogP contribution in [0.25, 0.3) is 0 Å². The summed E-state index contributed by atoms with van der Waals surface area (Å²) in [6.45, 7) is 12.5. The number of nitrogens with zero attached hydrogens (tertiary/aromatic N) is 3. The molecule has 2 aromatic rings. The molecule has 2 N–H and O–H groups in total. The van der Waals surface area contributed by atoms with Gasteiger partial charge in [0, 0.05) is 41.7 Å². The van der Waals surface area contributed by atoms with Gasteiger partial charge in [0.25, 0.3) is 5.91 Å². The van der Waals surface area contributed by atoms with E-state index in [4.69, 9.17) is 19.8 Å². The second kappa shape index (κ2) is 12.3. The number of pyridine rings is 1. The van der Waals surface area contributed by atoms with Crippen molar-refractivity contribution in [1.29, 1.82) is 0 Å². The number of alkyl halides is 3. The van der Waals surface area contributed by atoms with Gasteiger partial charge in [-0.05, 0) is 97.0 Å². The lowest BCUT2D eigenvalue weighted by Gasteiger charge is -2.34. The first kappa shape index (κ1) is 33.3. The molecule has 0 spiro atoms. The van der Waals surface area contributed by atoms with E-state index >= 15 is 4.39 Å². The summed E-state index contributed by atoms with van der Waals surface area (Å²) >= 11 is 0. The van der Waals surface area contributed by atoms with Crippen molar-refractivity contribution in [3.63, 3.8) is 0 Å². The quantitative estimate of drug-likeness (QED) is 0.178. The normalized spacial score (nSPS) is 20.7. The van der Waals surface area contributed by atoms with Crippen LogP contribution in [0.5, 0.6) is 0 Å². The number of nitrogens with two attached hydrogens (primary N) is 1. The summed E-state index contributed by atoms with van der Waals surface area (Å²) in [7, 11) is -0.750. The van der Waals surface area contributed by atoms with Crippen LogP contribution in [0.15, 0.2) is 29.3 Å². The highest BCUT2D eigenvalue weighted by atomic mass is 19.4. The van der Waals surface area contributed by atoms with Crippen LogP contribution in [0.2, 0.25) is 0 Å². The van der Waals surface area contributed by atoms with Gasteiger partial charge in [-0.25, -0.2) is 9.37 Å². The van der Waals surface area contributed by atoms with Gasteiger partial charge in [0.2, 0.25) is 0 Å². The van der Waals surface area contributed by atoms with E-state index in [0.717, 1.165) is 6.07 Å². The molecule has 3 heterocycles. The summed E-state index contributed by atoms with van der Waals surface area (Å²) < 4.78 is 73.6. The molecule has 8 nitrogen and oxygen atoms in total. The molecular weight excluding hydrogens is 591 g/mol. The topological polar surface area (TPSA) is 99.3 Å². The number of rotatable bonds is 8. The third kappa shape index (κ3) is 7.20. The van der Waals surface area contributed by atoms with E-state index in [1.54, 1.807) is 0 Å². The van der Waals surface area contributed by atoms with Crippen LogP contribution in [0.3, 0.4) is 0 Å². The van der Waals surface area contributed by atoms with E-state index in [1.807, 2.05) is 52.5 Å². The Labute approximate surface area is 261 Å². The number of hydrogen-bond donors (Lipinski definition) is 1. The molecule has 0 radical (unpaired) electrons. The van der Waals surface area contributed by atoms with Crippen LogP contribution in [-0.2, 0) is 31.6 Å². The average Bonchev–Trinajstić information content (AvgIpc) is 3.77. The maximum absolute atomic E-state index is 15.7. The lowest BCUT2D eigenvalue weighted by Crippen LogP contribution is -2.41. The second-order valence-corrected chi connectivity index (χ2v) is 13.4. The zero-order valence-corrected chi connectivity index (χ0v) is 26.6. The maximum atomic E-state index is 15.7. The number of aromatic nitrogens is 1. The Morgan fingerprint density at radius 2 is 1.73 bits per heavy atom. The number of hydrogen-bond acceptors (Lipinski definition) is 6. The number of anilines is 1. The summed E-state index contributed by atoms with van der Waals surface area (Å²) in [5.41, 5.74) is 6.12. The molecule has 1 saturated carbocycles. The highest BCUT2D eigenvalue weighted by Crippen LogP contribution is 2.42. The molecule has 0 atom stereocenters. The van der Waals surface area contributed by atoms with Gasteiger partial charge in [-0.2, -0.15) is 18.2 Å². The molecule has 2 aliphatic heterocycles. The highest BCUT2D eigenvalue weighted by molar-refractivity contribution is 6.62. The monoisotopic (exact) mass is 632 g/mol. The van der Waals surface area contributed by atoms with Crippen LogP contribution in [-0.4, -0.2) is 54.2 Å². The van der Waals surface area contributed by atoms with Crippen LogP contribution in [0.4, 0.5) is 23.2 Å². The highest BCUT2D eigenvalue weighted by Gasteiger charge is 2.52. The Hall–Kier alpha value is -3.03. The van der Waals surface area contributed by atoms with Crippen molar-refractivity contribution in [1.82, 2.24) is 4.98 Å². The number of amides is 1. The Kier molecular flexibility index (Phi) is 9.11. The van der Waals surface area contributed by atoms with Gasteiger partial charge in [-0.15, -0.1) is 0 Å². The molecular formula is C32H41BF4N4O4. The van der Waals surface area contributed by atoms with Gasteiger partial charge >= 0.3 is 13.3 Å². The predicted octanol–water partition coefficient (Wildman–Crippen LogP) is 5.49. The number of carbonyl (C=O) groups is 1. The first-order valence-corrected chi connectivity index (χ1v) is 15.5. The van der Waals surface area contributed by atoms with Crippen molar-refractivity contribution in [3.8, 4) is 0 Å². The first-order valence-electron chi connectivity index (χ1n) is 15.5. The predicted molar refractivity (Wildman–Crippen MR) is 164 cm³/mol. The lowest BCUT2D eigenvalue weighted by molar-refractivity contribution is -0.141. The van der Waals surface area contributed by atoms with Crippen LogP contribution >= 0.6 is 0 Å². The maximum Gasteiger partial charge on any atom is 0.495 e. The minimum Gasteiger partial charge on any atom is -0.399 e. The molecule has 5 rings (SSSR count). The van der Waals surface area contributed by atoms with Crippen LogP contribution in [0.1, 0.15) is 95.7 Å². The van der Waals surface area contributed by atoms with E-state index in [9.17, 15) is 18.0 Å². The summed E-state index contributed by atoms with van der Waals surface area (Å²) in [6.07, 6.45) is -2.40.